The molecule has 0 radical (unpaired) electrons. The monoisotopic (exact) mass is 315 g/mol. The molecule has 0 heterocycles. The van der Waals surface area contributed by atoms with Gasteiger partial charge in [0.05, 0.1) is 10.3 Å². The summed E-state index contributed by atoms with van der Waals surface area (Å²) in [6.45, 7) is -0.165. The van der Waals surface area contributed by atoms with Crippen LogP contribution in [0.2, 0.25) is 0 Å². The highest BCUT2D eigenvalue weighted by molar-refractivity contribution is 7.89. The van der Waals surface area contributed by atoms with Crippen LogP contribution in [-0.4, -0.2) is 26.0 Å². The van der Waals surface area contributed by atoms with Crippen molar-refractivity contribution >= 4 is 16.0 Å². The SMILES string of the molecule is O=C(O)C1(CNS(=O)(=O)c2cccc(F)c2)CCCCC1. The Labute approximate surface area is 123 Å². The van der Waals surface area contributed by atoms with Gasteiger partial charge in [-0.15, -0.1) is 0 Å². The maximum absolute atomic E-state index is 13.1. The first-order valence-corrected chi connectivity index (χ1v) is 8.33. The van der Waals surface area contributed by atoms with Crippen molar-refractivity contribution in [1.82, 2.24) is 4.72 Å². The van der Waals surface area contributed by atoms with E-state index in [9.17, 15) is 22.7 Å². The minimum Gasteiger partial charge on any atom is -0.481 e. The Morgan fingerprint density at radius 2 is 1.95 bits per heavy atom. The summed E-state index contributed by atoms with van der Waals surface area (Å²) in [7, 11) is -3.91. The number of hydrogen-bond acceptors (Lipinski definition) is 3. The highest BCUT2D eigenvalue weighted by atomic mass is 32.2. The molecule has 0 saturated heterocycles. The quantitative estimate of drug-likeness (QED) is 0.872. The van der Waals surface area contributed by atoms with Crippen LogP contribution in [0.4, 0.5) is 4.39 Å². The highest BCUT2D eigenvalue weighted by Gasteiger charge is 2.40. The number of benzene rings is 1. The molecule has 1 aromatic rings. The fourth-order valence-electron chi connectivity index (χ4n) is 2.65. The van der Waals surface area contributed by atoms with Crippen molar-refractivity contribution in [1.29, 1.82) is 0 Å². The molecule has 1 saturated carbocycles. The number of carbonyl (C=O) groups is 1. The Kier molecular flexibility index (Phi) is 4.63. The first-order valence-electron chi connectivity index (χ1n) is 6.84. The number of hydrogen-bond donors (Lipinski definition) is 2. The molecule has 1 aliphatic rings. The molecule has 2 N–H and O–H groups in total. The number of nitrogens with one attached hydrogen (secondary N) is 1. The molecule has 1 aromatic carbocycles. The Morgan fingerprint density at radius 3 is 2.52 bits per heavy atom. The number of carboxylic acid groups (broad SMARTS) is 1. The second kappa shape index (κ2) is 6.11. The maximum atomic E-state index is 13.1. The molecule has 116 valence electrons. The van der Waals surface area contributed by atoms with Crippen LogP contribution in [-0.2, 0) is 14.8 Å². The first kappa shape index (κ1) is 15.9. The van der Waals surface area contributed by atoms with Crippen molar-refractivity contribution in [2.24, 2.45) is 5.41 Å². The number of sulfonamides is 1. The fraction of sp³-hybridized carbons (Fsp3) is 0.500. The molecule has 0 atom stereocenters. The molecule has 7 heteroatoms. The molecular weight excluding hydrogens is 297 g/mol. The van der Waals surface area contributed by atoms with Crippen LogP contribution < -0.4 is 4.72 Å². The van der Waals surface area contributed by atoms with Crippen LogP contribution in [0.1, 0.15) is 32.1 Å². The molecule has 2 rings (SSSR count). The minimum absolute atomic E-state index is 0.165. The predicted octanol–water partition coefficient (Wildman–Crippen LogP) is 2.14. The van der Waals surface area contributed by atoms with Gasteiger partial charge >= 0.3 is 5.97 Å². The van der Waals surface area contributed by atoms with Crippen molar-refractivity contribution < 1.29 is 22.7 Å². The number of halogens is 1. The summed E-state index contributed by atoms with van der Waals surface area (Å²) in [4.78, 5) is 11.3. The van der Waals surface area contributed by atoms with Crippen molar-refractivity contribution in [2.45, 2.75) is 37.0 Å². The lowest BCUT2D eigenvalue weighted by Gasteiger charge is -2.33. The molecule has 5 nitrogen and oxygen atoms in total. The zero-order valence-corrected chi connectivity index (χ0v) is 12.3. The Bertz CT molecular complexity index is 624. The fourth-order valence-corrected chi connectivity index (χ4v) is 3.80. The lowest BCUT2D eigenvalue weighted by molar-refractivity contribution is -0.150. The third-order valence-electron chi connectivity index (χ3n) is 3.97. The van der Waals surface area contributed by atoms with Crippen LogP contribution >= 0.6 is 0 Å². The highest BCUT2D eigenvalue weighted by Crippen LogP contribution is 2.36. The Balaban J connectivity index is 2.15. The van der Waals surface area contributed by atoms with Crippen LogP contribution in [0, 0.1) is 11.2 Å². The summed E-state index contributed by atoms with van der Waals surface area (Å²) >= 11 is 0. The van der Waals surface area contributed by atoms with Gasteiger partial charge < -0.3 is 5.11 Å². The second-order valence-electron chi connectivity index (χ2n) is 5.43. The van der Waals surface area contributed by atoms with Gasteiger partial charge in [0, 0.05) is 6.54 Å². The van der Waals surface area contributed by atoms with Crippen molar-refractivity contribution in [3.05, 3.63) is 30.1 Å². The van der Waals surface area contributed by atoms with Crippen LogP contribution in [0.3, 0.4) is 0 Å². The van der Waals surface area contributed by atoms with E-state index in [4.69, 9.17) is 0 Å². The molecule has 0 aromatic heterocycles. The summed E-state index contributed by atoms with van der Waals surface area (Å²) < 4.78 is 39.7. The van der Waals surface area contributed by atoms with Crippen molar-refractivity contribution in [2.75, 3.05) is 6.54 Å². The summed E-state index contributed by atoms with van der Waals surface area (Å²) in [6.07, 6.45) is 3.41. The summed E-state index contributed by atoms with van der Waals surface area (Å²) in [5.41, 5.74) is -1.06. The number of aliphatic carboxylic acids is 1. The van der Waals surface area contributed by atoms with Crippen LogP contribution in [0.25, 0.3) is 0 Å². The Morgan fingerprint density at radius 1 is 1.29 bits per heavy atom. The minimum atomic E-state index is -3.91. The van der Waals surface area contributed by atoms with Gasteiger partial charge in [-0.25, -0.2) is 17.5 Å². The average molecular weight is 315 g/mol. The predicted molar refractivity (Wildman–Crippen MR) is 74.7 cm³/mol. The van der Waals surface area contributed by atoms with E-state index in [1.54, 1.807) is 0 Å². The van der Waals surface area contributed by atoms with E-state index in [0.29, 0.717) is 12.8 Å². The normalized spacial score (nSPS) is 18.3. The van der Waals surface area contributed by atoms with Gasteiger partial charge in [-0.3, -0.25) is 4.79 Å². The maximum Gasteiger partial charge on any atom is 0.310 e. The summed E-state index contributed by atoms with van der Waals surface area (Å²) in [6, 6.07) is 4.65. The zero-order chi connectivity index (χ0) is 15.5. The molecule has 1 fully saturated rings. The van der Waals surface area contributed by atoms with Gasteiger partial charge in [-0.05, 0) is 31.0 Å². The lowest BCUT2D eigenvalue weighted by atomic mass is 9.74. The van der Waals surface area contributed by atoms with E-state index in [0.717, 1.165) is 31.4 Å². The second-order valence-corrected chi connectivity index (χ2v) is 7.20. The van der Waals surface area contributed by atoms with E-state index in [-0.39, 0.29) is 11.4 Å². The molecule has 0 spiro atoms. The van der Waals surface area contributed by atoms with Crippen molar-refractivity contribution in [3.8, 4) is 0 Å². The first-order chi connectivity index (χ1) is 9.86. The zero-order valence-electron chi connectivity index (χ0n) is 11.5. The molecule has 0 unspecified atom stereocenters. The average Bonchev–Trinajstić information content (AvgIpc) is 2.46. The van der Waals surface area contributed by atoms with Gasteiger partial charge in [0.2, 0.25) is 10.0 Å². The number of rotatable bonds is 5. The Hall–Kier alpha value is -1.47. The molecule has 1 aliphatic carbocycles. The third kappa shape index (κ3) is 3.59. The summed E-state index contributed by atoms with van der Waals surface area (Å²) in [5, 5.41) is 9.41. The van der Waals surface area contributed by atoms with Gasteiger partial charge in [0.15, 0.2) is 0 Å². The van der Waals surface area contributed by atoms with E-state index in [1.807, 2.05) is 0 Å². The van der Waals surface area contributed by atoms with E-state index in [2.05, 4.69) is 4.72 Å². The molecule has 0 amide bonds. The lowest BCUT2D eigenvalue weighted by Crippen LogP contribution is -2.44. The molecule has 21 heavy (non-hydrogen) atoms. The van der Waals surface area contributed by atoms with Gasteiger partial charge in [0.25, 0.3) is 0 Å². The third-order valence-corrected chi connectivity index (χ3v) is 5.37. The molecule has 0 aliphatic heterocycles. The molecular formula is C14H18FNO4S. The van der Waals surface area contributed by atoms with E-state index < -0.39 is 27.2 Å². The summed E-state index contributed by atoms with van der Waals surface area (Å²) in [5.74, 6) is -1.63. The van der Waals surface area contributed by atoms with Gasteiger partial charge in [-0.2, -0.15) is 0 Å². The smallest absolute Gasteiger partial charge is 0.310 e. The van der Waals surface area contributed by atoms with Crippen molar-refractivity contribution in [3.63, 3.8) is 0 Å². The van der Waals surface area contributed by atoms with Crippen LogP contribution in [0.5, 0.6) is 0 Å². The van der Waals surface area contributed by atoms with E-state index >= 15 is 0 Å². The van der Waals surface area contributed by atoms with E-state index in [1.165, 1.54) is 12.1 Å². The van der Waals surface area contributed by atoms with Crippen LogP contribution in [0.15, 0.2) is 29.2 Å². The van der Waals surface area contributed by atoms with Gasteiger partial charge in [-0.1, -0.05) is 25.3 Å². The topological polar surface area (TPSA) is 83.5 Å². The van der Waals surface area contributed by atoms with Gasteiger partial charge in [0.1, 0.15) is 5.82 Å². The largest absolute Gasteiger partial charge is 0.481 e. The number of carboxylic acids is 1. The molecule has 0 bridgehead atoms. The standard InChI is InChI=1S/C14H18FNO4S/c15-11-5-4-6-12(9-11)21(19,20)16-10-14(13(17)18)7-2-1-3-8-14/h4-6,9,16H,1-3,7-8,10H2,(H,17,18).